The number of fused-ring (bicyclic) bond motifs is 6. The second-order valence-electron chi connectivity index (χ2n) is 16.4. The van der Waals surface area contributed by atoms with Crippen molar-refractivity contribution in [2.45, 2.75) is 62.2 Å². The predicted molar refractivity (Wildman–Crippen MR) is 230 cm³/mol. The molecule has 4 nitrogen and oxygen atoms in total. The Morgan fingerprint density at radius 3 is 1.95 bits per heavy atom. The van der Waals surface area contributed by atoms with Crippen molar-refractivity contribution >= 4 is 51.7 Å². The van der Waals surface area contributed by atoms with Crippen molar-refractivity contribution in [1.82, 2.24) is 4.98 Å². The van der Waals surface area contributed by atoms with E-state index in [9.17, 15) is 0 Å². The molecule has 0 spiro atoms. The van der Waals surface area contributed by atoms with Gasteiger partial charge >= 0.3 is 0 Å². The van der Waals surface area contributed by atoms with Crippen LogP contribution >= 0.6 is 11.8 Å². The minimum Gasteiger partial charge on any atom is -0.493 e. The molecule has 0 amide bonds. The van der Waals surface area contributed by atoms with Crippen LogP contribution in [0.4, 0.5) is 44.3 Å². The molecule has 0 unspecified atom stereocenters. The number of hydrogen-bond donors (Lipinski definition) is 0. The maximum atomic E-state index is 15.3. The zero-order valence-electron chi connectivity index (χ0n) is 32.7. The summed E-state index contributed by atoms with van der Waals surface area (Å²) in [5.74, 6) is 0.408. The Bertz CT molecular complexity index is 2610. The van der Waals surface area contributed by atoms with Gasteiger partial charge in [0.25, 0.3) is 0 Å². The van der Waals surface area contributed by atoms with Gasteiger partial charge in [0.05, 0.1) is 5.69 Å². The summed E-state index contributed by atoms with van der Waals surface area (Å²) in [7, 11) is 0. The number of para-hydroxylation sites is 2. The van der Waals surface area contributed by atoms with Crippen molar-refractivity contribution in [2.24, 2.45) is 0 Å². The zero-order valence-corrected chi connectivity index (χ0v) is 35.1. The second-order valence-corrected chi connectivity index (χ2v) is 17.5. The van der Waals surface area contributed by atoms with Gasteiger partial charge in [-0.05, 0) is 82.1 Å². The molecule has 0 saturated heterocycles. The first-order valence-electron chi connectivity index (χ1n) is 19.0. The predicted octanol–water partition coefficient (Wildman–Crippen LogP) is 14.1. The first-order valence-corrected chi connectivity index (χ1v) is 19.8. The van der Waals surface area contributed by atoms with E-state index in [0.29, 0.717) is 5.82 Å². The van der Waals surface area contributed by atoms with Crippen molar-refractivity contribution in [1.29, 1.82) is 0 Å². The molecule has 288 valence electrons. The molecular weight excluding hydrogens is 814 g/mol. The summed E-state index contributed by atoms with van der Waals surface area (Å²) in [6, 6.07) is 52.9. The summed E-state index contributed by atoms with van der Waals surface area (Å²) < 4.78 is 15.3. The average Bonchev–Trinajstić information content (AvgIpc) is 3.53. The van der Waals surface area contributed by atoms with Gasteiger partial charge in [-0.25, -0.2) is 9.37 Å². The van der Waals surface area contributed by atoms with Crippen molar-refractivity contribution in [3.63, 3.8) is 0 Å². The van der Waals surface area contributed by atoms with E-state index in [0.717, 1.165) is 71.7 Å². The molecule has 7 aromatic rings. The maximum absolute atomic E-state index is 15.3. The summed E-state index contributed by atoms with van der Waals surface area (Å²) in [4.78, 5) is 13.3. The Labute approximate surface area is 354 Å². The molecule has 9 rings (SSSR count). The molecule has 0 bridgehead atoms. The van der Waals surface area contributed by atoms with E-state index in [4.69, 9.17) is 4.98 Å². The molecule has 2 aliphatic rings. The third-order valence-electron chi connectivity index (χ3n) is 10.5. The summed E-state index contributed by atoms with van der Waals surface area (Å²) in [6.07, 6.45) is 1.85. The van der Waals surface area contributed by atoms with Gasteiger partial charge in [-0.1, -0.05) is 101 Å². The molecule has 0 N–H and O–H groups in total. The van der Waals surface area contributed by atoms with Gasteiger partial charge in [-0.15, -0.1) is 57.7 Å². The van der Waals surface area contributed by atoms with Crippen LogP contribution < -0.4 is 14.7 Å². The van der Waals surface area contributed by atoms with Crippen LogP contribution in [0.3, 0.4) is 0 Å². The minimum absolute atomic E-state index is 0. The van der Waals surface area contributed by atoms with E-state index in [-0.39, 0.29) is 37.1 Å². The Morgan fingerprint density at radius 2 is 1.23 bits per heavy atom. The van der Waals surface area contributed by atoms with Gasteiger partial charge in [0.15, 0.2) is 0 Å². The van der Waals surface area contributed by atoms with Gasteiger partial charge in [0.2, 0.25) is 0 Å². The average molecular weight is 856 g/mol. The monoisotopic (exact) mass is 855 g/mol. The minimum atomic E-state index is -0.306. The second kappa shape index (κ2) is 15.0. The van der Waals surface area contributed by atoms with Crippen LogP contribution in [0, 0.1) is 24.6 Å². The molecular formula is C50H42FN4PdS-3. The number of hydrogen-bond acceptors (Lipinski definition) is 5. The number of nitrogens with zero attached hydrogens (tertiary/aromatic N) is 4. The van der Waals surface area contributed by atoms with Crippen molar-refractivity contribution in [3.05, 3.63) is 175 Å². The third-order valence-corrected chi connectivity index (χ3v) is 11.5. The summed E-state index contributed by atoms with van der Waals surface area (Å²) in [5, 5.41) is 0. The molecule has 1 aromatic heterocycles. The fourth-order valence-electron chi connectivity index (χ4n) is 7.54. The van der Waals surface area contributed by atoms with E-state index in [1.807, 2.05) is 18.3 Å². The molecule has 57 heavy (non-hydrogen) atoms. The van der Waals surface area contributed by atoms with Crippen LogP contribution in [-0.4, -0.2) is 4.98 Å². The molecule has 2 aliphatic heterocycles. The number of rotatable bonds is 5. The quantitative estimate of drug-likeness (QED) is 0.127. The van der Waals surface area contributed by atoms with Crippen molar-refractivity contribution in [3.8, 4) is 22.3 Å². The molecule has 0 saturated carbocycles. The van der Waals surface area contributed by atoms with Crippen LogP contribution in [0.1, 0.15) is 52.7 Å². The first-order chi connectivity index (χ1) is 26.9. The van der Waals surface area contributed by atoms with E-state index >= 15 is 4.39 Å². The van der Waals surface area contributed by atoms with Crippen LogP contribution in [0.5, 0.6) is 0 Å². The van der Waals surface area contributed by atoms with Gasteiger partial charge in [-0.3, -0.25) is 0 Å². The first kappa shape index (κ1) is 38.7. The number of benzene rings is 6. The molecule has 0 fully saturated rings. The normalized spacial score (nSPS) is 13.3. The molecule has 0 atom stereocenters. The van der Waals surface area contributed by atoms with E-state index in [1.165, 1.54) is 11.6 Å². The number of pyridine rings is 1. The van der Waals surface area contributed by atoms with Gasteiger partial charge in [0, 0.05) is 49.2 Å². The molecule has 0 aliphatic carbocycles. The van der Waals surface area contributed by atoms with Crippen LogP contribution in [-0.2, 0) is 31.3 Å². The van der Waals surface area contributed by atoms with Gasteiger partial charge in [-0.2, -0.15) is 24.3 Å². The third kappa shape index (κ3) is 7.30. The largest absolute Gasteiger partial charge is 0.493 e. The summed E-state index contributed by atoms with van der Waals surface area (Å²) in [6.45, 7) is 15.4. The van der Waals surface area contributed by atoms with Crippen LogP contribution in [0.15, 0.2) is 149 Å². The Kier molecular flexibility index (Phi) is 10.1. The number of aromatic nitrogens is 1. The zero-order chi connectivity index (χ0) is 38.8. The van der Waals surface area contributed by atoms with Gasteiger partial charge < -0.3 is 14.7 Å². The Hall–Kier alpha value is -5.19. The molecule has 6 aromatic carbocycles. The maximum Gasteiger partial charge on any atom is 0.135 e. The SMILES string of the molecule is CC(C)(C)c1ccc(N2[CH-]N(c3[c-]c(Sc4[c-]c5c(cc4)-c4ccccc4-c4ccc(F)cc4N5c4cc(C(C)(C)C)ccn4)ccc3)c3ccccc32)cc1.[Pd]. The van der Waals surface area contributed by atoms with E-state index in [1.54, 1.807) is 17.8 Å². The molecule has 7 heteroatoms. The van der Waals surface area contributed by atoms with Crippen molar-refractivity contribution < 1.29 is 24.8 Å². The van der Waals surface area contributed by atoms with E-state index in [2.05, 4.69) is 184 Å². The topological polar surface area (TPSA) is 22.6 Å². The molecule has 0 radical (unpaired) electrons. The smallest absolute Gasteiger partial charge is 0.135 e. The summed E-state index contributed by atoms with van der Waals surface area (Å²) in [5.41, 5.74) is 12.2. The fraction of sp³-hybridized carbons (Fsp3) is 0.160. The Morgan fingerprint density at radius 1 is 0.579 bits per heavy atom. The standard InChI is InChI=1S/C50H42FN4S.Pd/c1-49(2,3)33-18-21-36(22-19-33)53-32-54(45-17-10-9-16-44(45)53)37-12-11-13-38(30-37)56-39-23-25-43-41-15-8-7-14-40(41)42-24-20-35(51)29-46(42)55(47(43)31-39)48-28-34(26-27-52-48)50(4,5)6;/h7-29,32H,1-6H3;/q-3;. The number of anilines is 7. The Balaban J connectivity index is 0.00000455. The molecule has 3 heterocycles. The summed E-state index contributed by atoms with van der Waals surface area (Å²) >= 11 is 1.61. The van der Waals surface area contributed by atoms with Crippen molar-refractivity contribution in [2.75, 3.05) is 14.7 Å². The van der Waals surface area contributed by atoms with E-state index < -0.39 is 0 Å². The van der Waals surface area contributed by atoms with Crippen LogP contribution in [0.2, 0.25) is 0 Å². The number of halogens is 1. The van der Waals surface area contributed by atoms with Gasteiger partial charge in [0.1, 0.15) is 11.6 Å². The fourth-order valence-corrected chi connectivity index (χ4v) is 8.36. The van der Waals surface area contributed by atoms with Crippen LogP contribution in [0.25, 0.3) is 22.3 Å².